The fraction of sp³-hybridized carbons (Fsp3) is 0.500. The second-order valence-corrected chi connectivity index (χ2v) is 4.51. The second-order valence-electron chi connectivity index (χ2n) is 3.24. The van der Waals surface area contributed by atoms with Crippen molar-refractivity contribution in [3.63, 3.8) is 0 Å². The predicted molar refractivity (Wildman–Crippen MR) is 64.7 cm³/mol. The molecule has 0 aliphatic carbocycles. The molecule has 1 heterocycles. The summed E-state index contributed by atoms with van der Waals surface area (Å²) in [7, 11) is 0. The molecule has 0 bridgehead atoms. The Morgan fingerprint density at radius 1 is 1.57 bits per heavy atom. The monoisotopic (exact) mass is 211 g/mol. The van der Waals surface area contributed by atoms with Crippen LogP contribution >= 0.6 is 11.8 Å². The first-order valence-corrected chi connectivity index (χ1v) is 5.99. The van der Waals surface area contributed by atoms with Crippen LogP contribution in [0.5, 0.6) is 0 Å². The van der Waals surface area contributed by atoms with Crippen LogP contribution in [0.15, 0.2) is 18.3 Å². The van der Waals surface area contributed by atoms with E-state index in [1.54, 1.807) is 6.20 Å². The number of hydrogen-bond donors (Lipinski definition) is 2. The fourth-order valence-electron chi connectivity index (χ4n) is 1.03. The Morgan fingerprint density at radius 2 is 2.36 bits per heavy atom. The van der Waals surface area contributed by atoms with Crippen molar-refractivity contribution in [3.05, 3.63) is 18.3 Å². The lowest BCUT2D eigenvalue weighted by molar-refractivity contribution is 0.850. The van der Waals surface area contributed by atoms with E-state index >= 15 is 0 Å². The van der Waals surface area contributed by atoms with Crippen molar-refractivity contribution in [1.29, 1.82) is 0 Å². The molecular formula is C10H17N3S. The van der Waals surface area contributed by atoms with Gasteiger partial charge in [-0.1, -0.05) is 6.92 Å². The Labute approximate surface area is 89.5 Å². The number of nitrogens with one attached hydrogen (secondary N) is 1. The van der Waals surface area contributed by atoms with E-state index in [1.807, 2.05) is 23.9 Å². The van der Waals surface area contributed by atoms with Gasteiger partial charge in [0.2, 0.25) is 0 Å². The summed E-state index contributed by atoms with van der Waals surface area (Å²) in [5.41, 5.74) is 6.23. The van der Waals surface area contributed by atoms with Gasteiger partial charge in [0, 0.05) is 11.8 Å². The lowest BCUT2D eigenvalue weighted by atomic mass is 10.3. The average molecular weight is 211 g/mol. The van der Waals surface area contributed by atoms with Crippen molar-refractivity contribution in [2.24, 2.45) is 0 Å². The van der Waals surface area contributed by atoms with E-state index in [1.165, 1.54) is 0 Å². The molecule has 0 amide bonds. The first-order valence-electron chi connectivity index (χ1n) is 4.70. The van der Waals surface area contributed by atoms with Gasteiger partial charge < -0.3 is 11.1 Å². The van der Waals surface area contributed by atoms with Gasteiger partial charge in [-0.2, -0.15) is 11.8 Å². The highest BCUT2D eigenvalue weighted by molar-refractivity contribution is 7.99. The van der Waals surface area contributed by atoms with E-state index in [0.717, 1.165) is 18.8 Å². The largest absolute Gasteiger partial charge is 0.397 e. The average Bonchev–Trinajstić information content (AvgIpc) is 2.21. The van der Waals surface area contributed by atoms with Gasteiger partial charge in [0.05, 0.1) is 11.9 Å². The van der Waals surface area contributed by atoms with Gasteiger partial charge in [-0.3, -0.25) is 0 Å². The van der Waals surface area contributed by atoms with Crippen LogP contribution in [0.25, 0.3) is 0 Å². The van der Waals surface area contributed by atoms with Crippen molar-refractivity contribution < 1.29 is 0 Å². The Morgan fingerprint density at radius 3 is 2.93 bits per heavy atom. The van der Waals surface area contributed by atoms with Gasteiger partial charge in [-0.05, 0) is 24.8 Å². The Bertz CT molecular complexity index is 261. The first-order chi connectivity index (χ1) is 6.72. The van der Waals surface area contributed by atoms with E-state index in [2.05, 4.69) is 23.5 Å². The van der Waals surface area contributed by atoms with Gasteiger partial charge in [0.1, 0.15) is 5.82 Å². The lowest BCUT2D eigenvalue weighted by Crippen LogP contribution is -2.08. The summed E-state index contributed by atoms with van der Waals surface area (Å²) in [6.45, 7) is 3.18. The molecule has 1 aromatic heterocycles. The van der Waals surface area contributed by atoms with Gasteiger partial charge in [0.25, 0.3) is 0 Å². The smallest absolute Gasteiger partial charge is 0.126 e. The molecule has 0 radical (unpaired) electrons. The van der Waals surface area contributed by atoms with Crippen LogP contribution < -0.4 is 11.1 Å². The number of thioether (sulfide) groups is 1. The van der Waals surface area contributed by atoms with E-state index in [9.17, 15) is 0 Å². The van der Waals surface area contributed by atoms with Crippen LogP contribution in [0, 0.1) is 0 Å². The van der Waals surface area contributed by atoms with Crippen molar-refractivity contribution in [2.45, 2.75) is 18.6 Å². The van der Waals surface area contributed by atoms with Crippen LogP contribution in [0.1, 0.15) is 13.3 Å². The minimum Gasteiger partial charge on any atom is -0.397 e. The van der Waals surface area contributed by atoms with Crippen LogP contribution in [0.4, 0.5) is 11.5 Å². The number of anilines is 2. The molecule has 3 N–H and O–H groups in total. The summed E-state index contributed by atoms with van der Waals surface area (Å²) in [6.07, 6.45) is 4.94. The van der Waals surface area contributed by atoms with Crippen LogP contribution in [0.3, 0.4) is 0 Å². The highest BCUT2D eigenvalue weighted by atomic mass is 32.2. The molecule has 3 nitrogen and oxygen atoms in total. The SMILES string of the molecule is CSC(C)CCNc1ccc(N)cn1. The number of nitrogen functional groups attached to an aromatic ring is 1. The fourth-order valence-corrected chi connectivity index (χ4v) is 1.38. The number of aromatic nitrogens is 1. The first kappa shape index (κ1) is 11.2. The Kier molecular flexibility index (Phi) is 4.59. The molecular weight excluding hydrogens is 194 g/mol. The molecule has 1 aromatic rings. The van der Waals surface area contributed by atoms with Crippen molar-refractivity contribution in [2.75, 3.05) is 23.9 Å². The Hall–Kier alpha value is -0.900. The maximum atomic E-state index is 5.53. The second kappa shape index (κ2) is 5.75. The molecule has 1 rings (SSSR count). The molecule has 0 fully saturated rings. The van der Waals surface area contributed by atoms with Gasteiger partial charge in [-0.25, -0.2) is 4.98 Å². The molecule has 78 valence electrons. The molecule has 1 unspecified atom stereocenters. The van der Waals surface area contributed by atoms with Gasteiger partial charge in [0.15, 0.2) is 0 Å². The summed E-state index contributed by atoms with van der Waals surface area (Å²) in [6, 6.07) is 3.76. The highest BCUT2D eigenvalue weighted by Gasteiger charge is 1.98. The van der Waals surface area contributed by atoms with Crippen molar-refractivity contribution in [1.82, 2.24) is 4.98 Å². The van der Waals surface area contributed by atoms with Crippen LogP contribution in [-0.4, -0.2) is 23.0 Å². The number of rotatable bonds is 5. The maximum Gasteiger partial charge on any atom is 0.126 e. The summed E-state index contributed by atoms with van der Waals surface area (Å²) < 4.78 is 0. The number of nitrogens with two attached hydrogens (primary N) is 1. The zero-order valence-electron chi connectivity index (χ0n) is 8.66. The minimum absolute atomic E-state index is 0.691. The minimum atomic E-state index is 0.691. The molecule has 14 heavy (non-hydrogen) atoms. The van der Waals surface area contributed by atoms with E-state index in [4.69, 9.17) is 5.73 Å². The third-order valence-electron chi connectivity index (χ3n) is 2.05. The molecule has 0 saturated heterocycles. The van der Waals surface area contributed by atoms with Crippen molar-refractivity contribution >= 4 is 23.3 Å². The van der Waals surface area contributed by atoms with Crippen molar-refractivity contribution in [3.8, 4) is 0 Å². The zero-order chi connectivity index (χ0) is 10.4. The summed E-state index contributed by atoms with van der Waals surface area (Å²) >= 11 is 1.88. The molecule has 4 heteroatoms. The third kappa shape index (κ3) is 3.87. The third-order valence-corrected chi connectivity index (χ3v) is 3.09. The predicted octanol–water partition coefficient (Wildman–Crippen LogP) is 2.22. The van der Waals surface area contributed by atoms with E-state index in [0.29, 0.717) is 10.9 Å². The highest BCUT2D eigenvalue weighted by Crippen LogP contribution is 2.10. The Balaban J connectivity index is 2.28. The van der Waals surface area contributed by atoms with Gasteiger partial charge in [-0.15, -0.1) is 0 Å². The number of pyridine rings is 1. The quantitative estimate of drug-likeness (QED) is 0.784. The maximum absolute atomic E-state index is 5.53. The normalized spacial score (nSPS) is 12.4. The summed E-state index contributed by atoms with van der Waals surface area (Å²) in [5.74, 6) is 0.896. The van der Waals surface area contributed by atoms with Gasteiger partial charge >= 0.3 is 0 Å². The lowest BCUT2D eigenvalue weighted by Gasteiger charge is -2.09. The number of hydrogen-bond acceptors (Lipinski definition) is 4. The molecule has 1 atom stereocenters. The van der Waals surface area contributed by atoms with Crippen LogP contribution in [-0.2, 0) is 0 Å². The van der Waals surface area contributed by atoms with Crippen LogP contribution in [0.2, 0.25) is 0 Å². The van der Waals surface area contributed by atoms with E-state index < -0.39 is 0 Å². The summed E-state index contributed by atoms with van der Waals surface area (Å²) in [4.78, 5) is 4.16. The standard InChI is InChI=1S/C10H17N3S/c1-8(14-2)5-6-12-10-4-3-9(11)7-13-10/h3-4,7-8H,5-6,11H2,1-2H3,(H,12,13). The number of nitrogens with zero attached hydrogens (tertiary/aromatic N) is 1. The molecule has 0 aromatic carbocycles. The zero-order valence-corrected chi connectivity index (χ0v) is 9.47. The van der Waals surface area contributed by atoms with E-state index in [-0.39, 0.29) is 0 Å². The molecule has 0 saturated carbocycles. The summed E-state index contributed by atoms with van der Waals surface area (Å²) in [5, 5.41) is 3.95. The molecule has 0 spiro atoms. The molecule has 0 aliphatic heterocycles. The topological polar surface area (TPSA) is 50.9 Å². The molecule has 0 aliphatic rings.